The number of hydrogen-bond acceptors (Lipinski definition) is 4. The van der Waals surface area contributed by atoms with Gasteiger partial charge in [0.15, 0.2) is 0 Å². The lowest BCUT2D eigenvalue weighted by Gasteiger charge is -2.45. The number of benzene rings is 1. The average molecular weight is 329 g/mol. The molecule has 0 unspecified atom stereocenters. The molecule has 0 saturated carbocycles. The van der Waals surface area contributed by atoms with E-state index in [1.807, 2.05) is 4.90 Å². The van der Waals surface area contributed by atoms with Crippen LogP contribution in [0, 0.1) is 0 Å². The molecule has 3 aliphatic rings. The van der Waals surface area contributed by atoms with Gasteiger partial charge in [0.25, 0.3) is 0 Å². The molecule has 1 atom stereocenters. The van der Waals surface area contributed by atoms with Crippen molar-refractivity contribution in [3.63, 3.8) is 0 Å². The Morgan fingerprint density at radius 3 is 2.79 bits per heavy atom. The van der Waals surface area contributed by atoms with Gasteiger partial charge in [-0.25, -0.2) is 0 Å². The van der Waals surface area contributed by atoms with Gasteiger partial charge in [0, 0.05) is 44.8 Å². The van der Waals surface area contributed by atoms with E-state index in [1.165, 1.54) is 31.4 Å². The summed E-state index contributed by atoms with van der Waals surface area (Å²) in [6, 6.07) is 4.98. The quantitative estimate of drug-likeness (QED) is 0.834. The van der Waals surface area contributed by atoms with Gasteiger partial charge < -0.3 is 14.5 Å². The first-order chi connectivity index (χ1) is 11.7. The van der Waals surface area contributed by atoms with Gasteiger partial charge in [0.05, 0.1) is 12.8 Å². The number of ether oxygens (including phenoxy) is 1. The van der Waals surface area contributed by atoms with Gasteiger partial charge in [-0.15, -0.1) is 0 Å². The van der Waals surface area contributed by atoms with Crippen molar-refractivity contribution in [1.82, 2.24) is 4.90 Å². The molecule has 0 spiro atoms. The van der Waals surface area contributed by atoms with Gasteiger partial charge in [-0.2, -0.15) is 0 Å². The van der Waals surface area contributed by atoms with Crippen LogP contribution in [0.5, 0.6) is 5.75 Å². The third kappa shape index (κ3) is 2.65. The van der Waals surface area contributed by atoms with Gasteiger partial charge in [0.2, 0.25) is 5.91 Å². The molecule has 0 bridgehead atoms. The number of nitrogens with zero attached hydrogens (tertiary/aromatic N) is 3. The standard InChI is InChI=1S/C19H27N3O2/c1-14(23)22-8-6-15-11-19(24-2)18(12-17(15)22)21-10-9-20-7-4-3-5-16(20)13-21/h11-12,16H,3-10,13H2,1-2H3/t16-/m1/s1. The Balaban J connectivity index is 1.65. The minimum absolute atomic E-state index is 0.127. The van der Waals surface area contributed by atoms with Gasteiger partial charge in [-0.05, 0) is 43.5 Å². The van der Waals surface area contributed by atoms with Gasteiger partial charge in [0.1, 0.15) is 5.75 Å². The summed E-state index contributed by atoms with van der Waals surface area (Å²) in [6.45, 7) is 6.91. The zero-order chi connectivity index (χ0) is 16.7. The molecule has 130 valence electrons. The van der Waals surface area contributed by atoms with Gasteiger partial charge in [-0.3, -0.25) is 9.69 Å². The van der Waals surface area contributed by atoms with Crippen LogP contribution in [0.15, 0.2) is 12.1 Å². The van der Waals surface area contributed by atoms with E-state index < -0.39 is 0 Å². The van der Waals surface area contributed by atoms with Crippen molar-refractivity contribution < 1.29 is 9.53 Å². The predicted octanol–water partition coefficient (Wildman–Crippen LogP) is 2.28. The molecule has 1 aromatic carbocycles. The fourth-order valence-electron chi connectivity index (χ4n) is 4.52. The fraction of sp³-hybridized carbons (Fsp3) is 0.632. The average Bonchev–Trinajstić information content (AvgIpc) is 3.03. The third-order valence-electron chi connectivity index (χ3n) is 5.83. The Bertz CT molecular complexity index is 646. The molecule has 0 aliphatic carbocycles. The molecule has 2 fully saturated rings. The number of anilines is 2. The number of carbonyl (C=O) groups excluding carboxylic acids is 1. The van der Waals surface area contributed by atoms with E-state index in [0.717, 1.165) is 49.7 Å². The van der Waals surface area contributed by atoms with Crippen LogP contribution in [0.25, 0.3) is 0 Å². The molecular weight excluding hydrogens is 302 g/mol. The van der Waals surface area contributed by atoms with Crippen molar-refractivity contribution in [3.05, 3.63) is 17.7 Å². The molecule has 4 rings (SSSR count). The lowest BCUT2D eigenvalue weighted by molar-refractivity contribution is -0.116. The van der Waals surface area contributed by atoms with Crippen molar-refractivity contribution in [2.45, 2.75) is 38.6 Å². The van der Waals surface area contributed by atoms with E-state index in [-0.39, 0.29) is 5.91 Å². The number of fused-ring (bicyclic) bond motifs is 2. The van der Waals surface area contributed by atoms with Gasteiger partial charge in [-0.1, -0.05) is 6.42 Å². The minimum atomic E-state index is 0.127. The van der Waals surface area contributed by atoms with E-state index in [4.69, 9.17) is 4.74 Å². The summed E-state index contributed by atoms with van der Waals surface area (Å²) in [5, 5.41) is 0. The summed E-state index contributed by atoms with van der Waals surface area (Å²) in [5.74, 6) is 1.07. The first-order valence-corrected chi connectivity index (χ1v) is 9.15. The summed E-state index contributed by atoms with van der Waals surface area (Å²) >= 11 is 0. The molecule has 2 saturated heterocycles. The summed E-state index contributed by atoms with van der Waals surface area (Å²) in [6.07, 6.45) is 4.89. The monoisotopic (exact) mass is 329 g/mol. The lowest BCUT2D eigenvalue weighted by atomic mass is 9.99. The molecule has 24 heavy (non-hydrogen) atoms. The highest BCUT2D eigenvalue weighted by atomic mass is 16.5. The second kappa shape index (κ2) is 6.28. The van der Waals surface area contributed by atoms with E-state index >= 15 is 0 Å². The maximum absolute atomic E-state index is 11.9. The van der Waals surface area contributed by atoms with Crippen molar-refractivity contribution >= 4 is 17.3 Å². The van der Waals surface area contributed by atoms with E-state index in [1.54, 1.807) is 14.0 Å². The molecule has 0 N–H and O–H groups in total. The second-order valence-corrected chi connectivity index (χ2v) is 7.21. The van der Waals surface area contributed by atoms with Crippen LogP contribution in [-0.2, 0) is 11.2 Å². The SMILES string of the molecule is COc1cc2c(cc1N1CCN3CCCC[C@@H]3C1)N(C(C)=O)CC2. The van der Waals surface area contributed by atoms with E-state index in [2.05, 4.69) is 21.9 Å². The summed E-state index contributed by atoms with van der Waals surface area (Å²) in [4.78, 5) is 18.9. The van der Waals surface area contributed by atoms with Crippen molar-refractivity contribution in [1.29, 1.82) is 0 Å². The Hall–Kier alpha value is -1.75. The number of amides is 1. The zero-order valence-electron chi connectivity index (χ0n) is 14.8. The summed E-state index contributed by atoms with van der Waals surface area (Å²) in [7, 11) is 1.75. The predicted molar refractivity (Wildman–Crippen MR) is 96.2 cm³/mol. The Kier molecular flexibility index (Phi) is 4.12. The molecule has 5 heteroatoms. The molecule has 0 aromatic heterocycles. The smallest absolute Gasteiger partial charge is 0.223 e. The van der Waals surface area contributed by atoms with Crippen molar-refractivity contribution in [2.24, 2.45) is 0 Å². The van der Waals surface area contributed by atoms with Crippen LogP contribution in [-0.4, -0.2) is 56.7 Å². The van der Waals surface area contributed by atoms with Crippen molar-refractivity contribution in [2.75, 3.05) is 49.6 Å². The molecule has 1 amide bonds. The van der Waals surface area contributed by atoms with Crippen LogP contribution >= 0.6 is 0 Å². The third-order valence-corrected chi connectivity index (χ3v) is 5.83. The van der Waals surface area contributed by atoms with Crippen LogP contribution < -0.4 is 14.5 Å². The second-order valence-electron chi connectivity index (χ2n) is 7.21. The van der Waals surface area contributed by atoms with Gasteiger partial charge >= 0.3 is 0 Å². The molecular formula is C19H27N3O2. The number of methoxy groups -OCH3 is 1. The Morgan fingerprint density at radius 2 is 2.00 bits per heavy atom. The minimum Gasteiger partial charge on any atom is -0.495 e. The highest BCUT2D eigenvalue weighted by Crippen LogP contribution is 2.40. The van der Waals surface area contributed by atoms with E-state index in [0.29, 0.717) is 6.04 Å². The van der Waals surface area contributed by atoms with Crippen LogP contribution in [0.1, 0.15) is 31.7 Å². The molecule has 1 aromatic rings. The Morgan fingerprint density at radius 1 is 1.12 bits per heavy atom. The van der Waals surface area contributed by atoms with Crippen molar-refractivity contribution in [3.8, 4) is 5.75 Å². The molecule has 0 radical (unpaired) electrons. The highest BCUT2D eigenvalue weighted by molar-refractivity contribution is 5.95. The first kappa shape index (κ1) is 15.8. The molecule has 5 nitrogen and oxygen atoms in total. The fourth-order valence-corrected chi connectivity index (χ4v) is 4.52. The maximum atomic E-state index is 11.9. The topological polar surface area (TPSA) is 36.0 Å². The first-order valence-electron chi connectivity index (χ1n) is 9.15. The number of carbonyl (C=O) groups is 1. The number of piperidine rings is 1. The molecule has 3 aliphatic heterocycles. The normalized spacial score (nSPS) is 23.8. The number of piperazine rings is 1. The maximum Gasteiger partial charge on any atom is 0.223 e. The summed E-state index contributed by atoms with van der Waals surface area (Å²) in [5.41, 5.74) is 3.45. The van der Waals surface area contributed by atoms with Crippen LogP contribution in [0.2, 0.25) is 0 Å². The van der Waals surface area contributed by atoms with Crippen LogP contribution in [0.4, 0.5) is 11.4 Å². The highest BCUT2D eigenvalue weighted by Gasteiger charge is 2.32. The van der Waals surface area contributed by atoms with Crippen LogP contribution in [0.3, 0.4) is 0 Å². The Labute approximate surface area is 144 Å². The van der Waals surface area contributed by atoms with E-state index in [9.17, 15) is 4.79 Å². The largest absolute Gasteiger partial charge is 0.495 e. The molecule has 3 heterocycles. The summed E-state index contributed by atoms with van der Waals surface area (Å²) < 4.78 is 5.70. The number of rotatable bonds is 2. The zero-order valence-corrected chi connectivity index (χ0v) is 14.8. The number of hydrogen-bond donors (Lipinski definition) is 0. The lowest BCUT2D eigenvalue weighted by Crippen LogP contribution is -2.55.